The van der Waals surface area contributed by atoms with E-state index in [4.69, 9.17) is 14.2 Å². The van der Waals surface area contributed by atoms with E-state index >= 15 is 0 Å². The minimum atomic E-state index is 0.135. The number of nitrogens with zero attached hydrogens (tertiary/aromatic N) is 4. The molecule has 2 saturated heterocycles. The van der Waals surface area contributed by atoms with Gasteiger partial charge in [0.05, 0.1) is 25.6 Å². The van der Waals surface area contributed by atoms with Crippen LogP contribution in [0, 0.1) is 0 Å². The van der Waals surface area contributed by atoms with Crippen LogP contribution in [-0.4, -0.2) is 89.9 Å². The second kappa shape index (κ2) is 10.3. The molecule has 2 aliphatic heterocycles. The molecule has 8 nitrogen and oxygen atoms in total. The highest BCUT2D eigenvalue weighted by molar-refractivity contribution is 5.83. The fourth-order valence-electron chi connectivity index (χ4n) is 4.45. The molecule has 1 unspecified atom stereocenters. The van der Waals surface area contributed by atoms with Crippen LogP contribution in [0.15, 0.2) is 42.9 Å². The molecular weight excluding hydrogens is 406 g/mol. The minimum Gasteiger partial charge on any atom is -0.475 e. The number of benzene rings is 1. The Kier molecular flexibility index (Phi) is 6.81. The molecule has 0 saturated carbocycles. The smallest absolute Gasteiger partial charge is 0.235 e. The van der Waals surface area contributed by atoms with Crippen LogP contribution in [0.4, 0.5) is 0 Å². The summed E-state index contributed by atoms with van der Waals surface area (Å²) >= 11 is 0. The Labute approximate surface area is 188 Å². The predicted octanol–water partition coefficient (Wildman–Crippen LogP) is 2.36. The summed E-state index contributed by atoms with van der Waals surface area (Å²) in [5.41, 5.74) is 2.58. The number of hydrogen-bond donors (Lipinski definition) is 1. The summed E-state index contributed by atoms with van der Waals surface area (Å²) in [6.07, 6.45) is 7.61. The average Bonchev–Trinajstić information content (AvgIpc) is 3.45. The molecule has 0 amide bonds. The molecule has 1 aromatic carbocycles. The van der Waals surface area contributed by atoms with Crippen molar-refractivity contribution in [3.63, 3.8) is 0 Å². The van der Waals surface area contributed by atoms with E-state index in [0.29, 0.717) is 18.4 Å². The Hall–Kier alpha value is -2.68. The molecule has 4 heterocycles. The van der Waals surface area contributed by atoms with E-state index in [1.165, 1.54) is 16.5 Å². The third-order valence-corrected chi connectivity index (χ3v) is 6.24. The topological polar surface area (TPSA) is 75.7 Å². The highest BCUT2D eigenvalue weighted by Crippen LogP contribution is 2.21. The SMILES string of the molecule is c1ccc2c(CCN3CCC(Oc4cncc(OCCN5CCOCC5)n4)C3)c[nH]c2c1. The van der Waals surface area contributed by atoms with Crippen LogP contribution in [0.2, 0.25) is 0 Å². The Balaban J connectivity index is 1.07. The molecule has 2 aromatic heterocycles. The van der Waals surface area contributed by atoms with Crippen LogP contribution < -0.4 is 9.47 Å². The van der Waals surface area contributed by atoms with Gasteiger partial charge in [-0.15, -0.1) is 0 Å². The van der Waals surface area contributed by atoms with Crippen LogP contribution in [0.25, 0.3) is 10.9 Å². The van der Waals surface area contributed by atoms with Crippen molar-refractivity contribution in [2.75, 3.05) is 59.1 Å². The lowest BCUT2D eigenvalue weighted by Gasteiger charge is -2.26. The van der Waals surface area contributed by atoms with Crippen LogP contribution in [0.5, 0.6) is 11.8 Å². The first-order valence-electron chi connectivity index (χ1n) is 11.5. The van der Waals surface area contributed by atoms with Gasteiger partial charge in [0.1, 0.15) is 12.7 Å². The zero-order valence-corrected chi connectivity index (χ0v) is 18.4. The van der Waals surface area contributed by atoms with Crippen molar-refractivity contribution in [3.05, 3.63) is 48.4 Å². The normalized spacial score (nSPS) is 20.1. The van der Waals surface area contributed by atoms with Gasteiger partial charge in [0.15, 0.2) is 0 Å². The molecule has 0 bridgehead atoms. The number of fused-ring (bicyclic) bond motifs is 1. The van der Waals surface area contributed by atoms with Crippen molar-refractivity contribution in [2.45, 2.75) is 18.9 Å². The van der Waals surface area contributed by atoms with Crippen molar-refractivity contribution in [1.29, 1.82) is 0 Å². The Bertz CT molecular complexity index is 1000. The number of aromatic amines is 1. The van der Waals surface area contributed by atoms with Crippen molar-refractivity contribution < 1.29 is 14.2 Å². The molecule has 32 heavy (non-hydrogen) atoms. The average molecular weight is 438 g/mol. The maximum absolute atomic E-state index is 6.12. The lowest BCUT2D eigenvalue weighted by molar-refractivity contribution is 0.0319. The lowest BCUT2D eigenvalue weighted by Crippen LogP contribution is -2.38. The maximum Gasteiger partial charge on any atom is 0.235 e. The molecule has 170 valence electrons. The largest absolute Gasteiger partial charge is 0.475 e. The second-order valence-electron chi connectivity index (χ2n) is 8.44. The predicted molar refractivity (Wildman–Crippen MR) is 122 cm³/mol. The number of ether oxygens (including phenoxy) is 3. The van der Waals surface area contributed by atoms with Gasteiger partial charge in [-0.25, -0.2) is 0 Å². The van der Waals surface area contributed by atoms with Crippen molar-refractivity contribution in [2.24, 2.45) is 0 Å². The summed E-state index contributed by atoms with van der Waals surface area (Å²) < 4.78 is 17.3. The van der Waals surface area contributed by atoms with Crippen molar-refractivity contribution >= 4 is 10.9 Å². The Morgan fingerprint density at radius 1 is 1.03 bits per heavy atom. The molecule has 5 rings (SSSR count). The Morgan fingerprint density at radius 2 is 1.91 bits per heavy atom. The third-order valence-electron chi connectivity index (χ3n) is 6.24. The number of rotatable bonds is 9. The number of para-hydroxylation sites is 1. The first kappa shape index (κ1) is 21.2. The van der Waals surface area contributed by atoms with Crippen molar-refractivity contribution in [1.82, 2.24) is 24.8 Å². The van der Waals surface area contributed by atoms with Crippen LogP contribution in [0.3, 0.4) is 0 Å². The third kappa shape index (κ3) is 5.38. The molecular formula is C24H31N5O3. The lowest BCUT2D eigenvalue weighted by atomic mass is 10.1. The number of nitrogens with one attached hydrogen (secondary N) is 1. The molecule has 8 heteroatoms. The van der Waals surface area contributed by atoms with Gasteiger partial charge >= 0.3 is 0 Å². The van der Waals surface area contributed by atoms with E-state index in [1.54, 1.807) is 12.4 Å². The minimum absolute atomic E-state index is 0.135. The summed E-state index contributed by atoms with van der Waals surface area (Å²) in [5.74, 6) is 1.06. The van der Waals surface area contributed by atoms with Gasteiger partial charge in [0.25, 0.3) is 0 Å². The summed E-state index contributed by atoms with van der Waals surface area (Å²) in [5, 5.41) is 1.32. The van der Waals surface area contributed by atoms with Gasteiger partial charge in [-0.05, 0) is 24.5 Å². The molecule has 1 N–H and O–H groups in total. The van der Waals surface area contributed by atoms with E-state index in [9.17, 15) is 0 Å². The zero-order valence-electron chi connectivity index (χ0n) is 18.4. The Morgan fingerprint density at radius 3 is 2.84 bits per heavy atom. The van der Waals surface area contributed by atoms with Gasteiger partial charge in [-0.3, -0.25) is 14.8 Å². The standard InChI is InChI=1S/C24H31N5O3/c1-2-4-22-21(3-1)19(15-26-22)5-7-29-8-6-20(18-29)32-24-17-25-16-23(27-24)31-14-11-28-9-12-30-13-10-28/h1-4,15-17,20,26H,5-14,18H2. The summed E-state index contributed by atoms with van der Waals surface area (Å²) in [7, 11) is 0. The van der Waals surface area contributed by atoms with E-state index < -0.39 is 0 Å². The quantitative estimate of drug-likeness (QED) is 0.551. The molecule has 2 fully saturated rings. The number of likely N-dealkylation sites (tertiary alicyclic amines) is 1. The van der Waals surface area contributed by atoms with Crippen molar-refractivity contribution in [3.8, 4) is 11.8 Å². The van der Waals surface area contributed by atoms with Gasteiger partial charge < -0.3 is 19.2 Å². The molecule has 2 aliphatic rings. The first-order chi connectivity index (χ1) is 15.8. The van der Waals surface area contributed by atoms with E-state index in [-0.39, 0.29) is 6.10 Å². The number of H-pyrrole nitrogens is 1. The second-order valence-corrected chi connectivity index (χ2v) is 8.44. The summed E-state index contributed by atoms with van der Waals surface area (Å²) in [4.78, 5) is 16.9. The summed E-state index contributed by atoms with van der Waals surface area (Å²) in [6, 6.07) is 8.48. The highest BCUT2D eigenvalue weighted by Gasteiger charge is 2.24. The molecule has 1 atom stereocenters. The molecule has 0 spiro atoms. The molecule has 3 aromatic rings. The number of hydrogen-bond acceptors (Lipinski definition) is 7. The summed E-state index contributed by atoms with van der Waals surface area (Å²) in [6.45, 7) is 7.92. The van der Waals surface area contributed by atoms with Crippen LogP contribution >= 0.6 is 0 Å². The van der Waals surface area contributed by atoms with Crippen LogP contribution in [-0.2, 0) is 11.2 Å². The zero-order chi connectivity index (χ0) is 21.6. The van der Waals surface area contributed by atoms with Gasteiger partial charge in [-0.1, -0.05) is 18.2 Å². The number of aromatic nitrogens is 3. The van der Waals surface area contributed by atoms with Gasteiger partial charge in [0.2, 0.25) is 11.8 Å². The van der Waals surface area contributed by atoms with E-state index in [2.05, 4.69) is 55.2 Å². The van der Waals surface area contributed by atoms with E-state index in [0.717, 1.165) is 65.3 Å². The van der Waals surface area contributed by atoms with E-state index in [1.807, 2.05) is 0 Å². The molecule has 0 radical (unpaired) electrons. The van der Waals surface area contributed by atoms with Crippen LogP contribution in [0.1, 0.15) is 12.0 Å². The van der Waals surface area contributed by atoms with Gasteiger partial charge in [-0.2, -0.15) is 4.98 Å². The fraction of sp³-hybridized carbons (Fsp3) is 0.500. The highest BCUT2D eigenvalue weighted by atomic mass is 16.5. The fourth-order valence-corrected chi connectivity index (χ4v) is 4.45. The molecule has 0 aliphatic carbocycles. The number of morpholine rings is 1. The van der Waals surface area contributed by atoms with Gasteiger partial charge in [0, 0.05) is 56.4 Å². The first-order valence-corrected chi connectivity index (χ1v) is 11.5. The monoisotopic (exact) mass is 437 g/mol. The maximum atomic E-state index is 6.12.